The van der Waals surface area contributed by atoms with E-state index in [2.05, 4.69) is 46.4 Å². The van der Waals surface area contributed by atoms with Crippen LogP contribution in [0.2, 0.25) is 0 Å². The van der Waals surface area contributed by atoms with Crippen LogP contribution in [0.25, 0.3) is 11.0 Å². The number of hydrogen-bond acceptors (Lipinski definition) is 5. The topological polar surface area (TPSA) is 64.9 Å². The Bertz CT molecular complexity index is 798. The molecule has 0 spiro atoms. The third kappa shape index (κ3) is 3.82. The van der Waals surface area contributed by atoms with Gasteiger partial charge in [-0.2, -0.15) is 15.1 Å². The largest absolute Gasteiger partial charge is 0.463 e. The standard InChI is InChI=1S/C18H23N5O/c1-13(2)9-10-24-18-21-16(15-12-20-23(3)17(15)22-18)19-11-14-7-5-4-6-8-14/h4-8,12-13H,9-11H2,1-3H3,(H,19,21,22). The van der Waals surface area contributed by atoms with Crippen molar-refractivity contribution in [2.45, 2.75) is 26.8 Å². The van der Waals surface area contributed by atoms with E-state index < -0.39 is 0 Å². The second-order valence-electron chi connectivity index (χ2n) is 6.23. The van der Waals surface area contributed by atoms with Crippen molar-refractivity contribution in [1.29, 1.82) is 0 Å². The second kappa shape index (κ2) is 7.29. The zero-order valence-electron chi connectivity index (χ0n) is 14.4. The highest BCUT2D eigenvalue weighted by atomic mass is 16.5. The summed E-state index contributed by atoms with van der Waals surface area (Å²) in [5.74, 6) is 1.33. The molecule has 0 aliphatic rings. The third-order valence-electron chi connectivity index (χ3n) is 3.80. The maximum atomic E-state index is 5.74. The Balaban J connectivity index is 1.82. The predicted molar refractivity (Wildman–Crippen MR) is 95.0 cm³/mol. The van der Waals surface area contributed by atoms with Crippen LogP contribution in [0, 0.1) is 5.92 Å². The first-order chi connectivity index (χ1) is 11.6. The van der Waals surface area contributed by atoms with Gasteiger partial charge in [-0.15, -0.1) is 0 Å². The lowest BCUT2D eigenvalue weighted by molar-refractivity contribution is 0.269. The Morgan fingerprint density at radius 3 is 2.71 bits per heavy atom. The summed E-state index contributed by atoms with van der Waals surface area (Å²) in [6, 6.07) is 10.6. The van der Waals surface area contributed by atoms with Crippen molar-refractivity contribution in [2.24, 2.45) is 13.0 Å². The second-order valence-corrected chi connectivity index (χ2v) is 6.23. The van der Waals surface area contributed by atoms with Gasteiger partial charge in [-0.3, -0.25) is 4.68 Å². The molecule has 0 radical (unpaired) electrons. The van der Waals surface area contributed by atoms with E-state index >= 15 is 0 Å². The first-order valence-electron chi connectivity index (χ1n) is 8.24. The third-order valence-corrected chi connectivity index (χ3v) is 3.80. The lowest BCUT2D eigenvalue weighted by atomic mass is 10.1. The number of hydrogen-bond donors (Lipinski definition) is 1. The molecule has 0 aliphatic heterocycles. The highest BCUT2D eigenvalue weighted by Gasteiger charge is 2.12. The van der Waals surface area contributed by atoms with Crippen molar-refractivity contribution in [3.8, 4) is 6.01 Å². The number of benzene rings is 1. The summed E-state index contributed by atoms with van der Waals surface area (Å²) in [6.07, 6.45) is 2.75. The number of nitrogens with one attached hydrogen (secondary N) is 1. The number of anilines is 1. The minimum atomic E-state index is 0.391. The minimum Gasteiger partial charge on any atom is -0.463 e. The summed E-state index contributed by atoms with van der Waals surface area (Å²) < 4.78 is 7.47. The van der Waals surface area contributed by atoms with Gasteiger partial charge in [0.25, 0.3) is 0 Å². The summed E-state index contributed by atoms with van der Waals surface area (Å²) in [5, 5.41) is 8.55. The zero-order valence-corrected chi connectivity index (χ0v) is 14.4. The van der Waals surface area contributed by atoms with E-state index in [4.69, 9.17) is 4.74 Å². The fraction of sp³-hybridized carbons (Fsp3) is 0.389. The van der Waals surface area contributed by atoms with Crippen LogP contribution in [-0.4, -0.2) is 26.4 Å². The van der Waals surface area contributed by atoms with Gasteiger partial charge in [0.05, 0.1) is 18.2 Å². The van der Waals surface area contributed by atoms with Gasteiger partial charge >= 0.3 is 6.01 Å². The van der Waals surface area contributed by atoms with Crippen molar-refractivity contribution >= 4 is 16.9 Å². The number of ether oxygens (including phenoxy) is 1. The first kappa shape index (κ1) is 16.2. The summed E-state index contributed by atoms with van der Waals surface area (Å²) in [6.45, 7) is 5.63. The number of rotatable bonds is 7. The molecule has 3 aromatic rings. The molecule has 1 N–H and O–H groups in total. The van der Waals surface area contributed by atoms with E-state index in [1.54, 1.807) is 10.9 Å². The molecule has 0 fully saturated rings. The fourth-order valence-electron chi connectivity index (χ4n) is 2.37. The molecule has 6 heteroatoms. The van der Waals surface area contributed by atoms with E-state index in [0.29, 0.717) is 25.1 Å². The number of nitrogens with zero attached hydrogens (tertiary/aromatic N) is 4. The Hall–Kier alpha value is -2.63. The van der Waals surface area contributed by atoms with Crippen molar-refractivity contribution in [3.63, 3.8) is 0 Å². The molecule has 0 bridgehead atoms. The molecule has 2 heterocycles. The Labute approximate surface area is 141 Å². The summed E-state index contributed by atoms with van der Waals surface area (Å²) >= 11 is 0. The van der Waals surface area contributed by atoms with Crippen molar-refractivity contribution in [3.05, 3.63) is 42.1 Å². The fourth-order valence-corrected chi connectivity index (χ4v) is 2.37. The van der Waals surface area contributed by atoms with Crippen LogP contribution in [0.3, 0.4) is 0 Å². The van der Waals surface area contributed by atoms with E-state index in [-0.39, 0.29) is 0 Å². The lowest BCUT2D eigenvalue weighted by Gasteiger charge is -2.10. The van der Waals surface area contributed by atoms with Gasteiger partial charge in [-0.1, -0.05) is 44.2 Å². The average Bonchev–Trinajstić information content (AvgIpc) is 2.95. The highest BCUT2D eigenvalue weighted by molar-refractivity contribution is 5.86. The molecule has 126 valence electrons. The van der Waals surface area contributed by atoms with Crippen molar-refractivity contribution in [1.82, 2.24) is 19.7 Å². The van der Waals surface area contributed by atoms with Gasteiger partial charge in [0.2, 0.25) is 0 Å². The van der Waals surface area contributed by atoms with Crippen LogP contribution in [0.15, 0.2) is 36.5 Å². The maximum Gasteiger partial charge on any atom is 0.320 e. The van der Waals surface area contributed by atoms with Gasteiger partial charge in [0.1, 0.15) is 5.82 Å². The number of aryl methyl sites for hydroxylation is 1. The zero-order chi connectivity index (χ0) is 16.9. The molecule has 0 unspecified atom stereocenters. The SMILES string of the molecule is CC(C)CCOc1nc(NCc2ccccc2)c2cnn(C)c2n1. The summed E-state index contributed by atoms with van der Waals surface area (Å²) in [4.78, 5) is 9.00. The molecular formula is C18H23N5O. The van der Waals surface area contributed by atoms with Crippen LogP contribution in [0.5, 0.6) is 6.01 Å². The number of aromatic nitrogens is 4. The van der Waals surface area contributed by atoms with Gasteiger partial charge in [-0.25, -0.2) is 0 Å². The first-order valence-corrected chi connectivity index (χ1v) is 8.24. The molecule has 0 saturated carbocycles. The van der Waals surface area contributed by atoms with Crippen molar-refractivity contribution in [2.75, 3.05) is 11.9 Å². The van der Waals surface area contributed by atoms with Crippen LogP contribution >= 0.6 is 0 Å². The molecule has 6 nitrogen and oxygen atoms in total. The van der Waals surface area contributed by atoms with E-state index in [1.165, 1.54) is 5.56 Å². The highest BCUT2D eigenvalue weighted by Crippen LogP contribution is 2.23. The Morgan fingerprint density at radius 1 is 1.17 bits per heavy atom. The minimum absolute atomic E-state index is 0.391. The molecular weight excluding hydrogens is 302 g/mol. The van der Waals surface area contributed by atoms with Crippen LogP contribution < -0.4 is 10.1 Å². The van der Waals surface area contributed by atoms with Gasteiger partial charge < -0.3 is 10.1 Å². The normalized spacial score (nSPS) is 11.2. The monoisotopic (exact) mass is 325 g/mol. The Morgan fingerprint density at radius 2 is 1.96 bits per heavy atom. The van der Waals surface area contributed by atoms with Crippen LogP contribution in [-0.2, 0) is 13.6 Å². The van der Waals surface area contributed by atoms with Gasteiger partial charge in [0, 0.05) is 13.6 Å². The lowest BCUT2D eigenvalue weighted by Crippen LogP contribution is -2.08. The molecule has 0 saturated heterocycles. The summed E-state index contributed by atoms with van der Waals surface area (Å²) in [5.41, 5.74) is 1.95. The van der Waals surface area contributed by atoms with Crippen LogP contribution in [0.4, 0.5) is 5.82 Å². The molecule has 0 aliphatic carbocycles. The van der Waals surface area contributed by atoms with E-state index in [9.17, 15) is 0 Å². The molecule has 0 atom stereocenters. The smallest absolute Gasteiger partial charge is 0.320 e. The molecule has 24 heavy (non-hydrogen) atoms. The molecule has 2 aromatic heterocycles. The van der Waals surface area contributed by atoms with E-state index in [0.717, 1.165) is 23.3 Å². The quantitative estimate of drug-likeness (QED) is 0.721. The average molecular weight is 325 g/mol. The molecule has 1 aromatic carbocycles. The predicted octanol–water partition coefficient (Wildman–Crippen LogP) is 3.40. The maximum absolute atomic E-state index is 5.74. The Kier molecular flexibility index (Phi) is 4.93. The van der Waals surface area contributed by atoms with Gasteiger partial charge in [0.15, 0.2) is 5.65 Å². The molecule has 3 rings (SSSR count). The molecule has 0 amide bonds. The van der Waals surface area contributed by atoms with E-state index in [1.807, 2.05) is 25.2 Å². The van der Waals surface area contributed by atoms with Crippen LogP contribution in [0.1, 0.15) is 25.8 Å². The number of fused-ring (bicyclic) bond motifs is 1. The van der Waals surface area contributed by atoms with Crippen molar-refractivity contribution < 1.29 is 4.74 Å². The van der Waals surface area contributed by atoms with Gasteiger partial charge in [-0.05, 0) is 17.9 Å². The summed E-state index contributed by atoms with van der Waals surface area (Å²) in [7, 11) is 1.87.